The second-order valence-electron chi connectivity index (χ2n) is 9.22. The highest BCUT2D eigenvalue weighted by Crippen LogP contribution is 2.11. The highest BCUT2D eigenvalue weighted by Gasteiger charge is 2.28. The number of piperazine rings is 2. The summed E-state index contributed by atoms with van der Waals surface area (Å²) in [6.07, 6.45) is 5.76. The van der Waals surface area contributed by atoms with Gasteiger partial charge in [-0.2, -0.15) is 0 Å². The summed E-state index contributed by atoms with van der Waals surface area (Å²) in [6, 6.07) is 18.7. The van der Waals surface area contributed by atoms with Crippen molar-refractivity contribution in [3.05, 3.63) is 60.7 Å². The number of nitrogen functional groups attached to an aromatic ring is 1. The number of anilines is 2. The number of nitrogens with two attached hydrogens (primary N) is 1. The monoisotopic (exact) mass is 595 g/mol. The molecule has 9 nitrogen and oxygen atoms in total. The number of para-hydroxylation sites is 2. The topological polar surface area (TPSA) is 105 Å². The zero-order valence-electron chi connectivity index (χ0n) is 24.8. The number of benzene rings is 2. The molecule has 2 unspecified atom stereocenters. The van der Waals surface area contributed by atoms with Crippen LogP contribution in [-0.2, 0) is 9.59 Å². The third kappa shape index (κ3) is 15.7. The molecule has 2 fully saturated rings. The van der Waals surface area contributed by atoms with Gasteiger partial charge < -0.3 is 26.0 Å². The number of hydrogen-bond acceptors (Lipinski definition) is 7. The van der Waals surface area contributed by atoms with Gasteiger partial charge in [0.1, 0.15) is 13.5 Å². The number of carboxylic acids is 1. The van der Waals surface area contributed by atoms with Gasteiger partial charge in [0, 0.05) is 50.6 Å². The minimum atomic E-state index is -0.723. The van der Waals surface area contributed by atoms with Crippen molar-refractivity contribution in [1.29, 1.82) is 0 Å². The molecule has 4 N–H and O–H groups in total. The van der Waals surface area contributed by atoms with Crippen molar-refractivity contribution < 1.29 is 16.1 Å². The molecule has 2 saturated heterocycles. The zero-order chi connectivity index (χ0) is 31.2. The Morgan fingerprint density at radius 1 is 0.900 bits per heavy atom. The van der Waals surface area contributed by atoms with E-state index in [4.69, 9.17) is 35.4 Å². The highest BCUT2D eigenvalue weighted by molar-refractivity contribution is 6.40. The van der Waals surface area contributed by atoms with E-state index in [0.29, 0.717) is 6.54 Å². The van der Waals surface area contributed by atoms with Gasteiger partial charge in [0.05, 0.1) is 5.34 Å². The van der Waals surface area contributed by atoms with E-state index in [9.17, 15) is 9.59 Å². The first-order valence-corrected chi connectivity index (χ1v) is 13.7. The van der Waals surface area contributed by atoms with E-state index < -0.39 is 5.97 Å². The van der Waals surface area contributed by atoms with Crippen molar-refractivity contribution in [2.45, 2.75) is 12.1 Å². The number of carbonyl (C=O) groups excluding carboxylic acids is 1. The Bertz CT molecular complexity index is 1020. The summed E-state index contributed by atoms with van der Waals surface area (Å²) < 4.78 is 5.74. The molecule has 11 heteroatoms. The van der Waals surface area contributed by atoms with E-state index in [1.807, 2.05) is 91.6 Å². The Balaban J connectivity index is 0.000000571. The summed E-state index contributed by atoms with van der Waals surface area (Å²) >= 11 is 9.53. The van der Waals surface area contributed by atoms with Crippen LogP contribution >= 0.6 is 23.2 Å². The third-order valence-electron chi connectivity index (χ3n) is 6.13. The van der Waals surface area contributed by atoms with Crippen LogP contribution in [0.3, 0.4) is 0 Å². The summed E-state index contributed by atoms with van der Waals surface area (Å²) in [4.78, 5) is 31.0. The molecule has 0 spiro atoms. The van der Waals surface area contributed by atoms with Gasteiger partial charge in [-0.1, -0.05) is 36.4 Å². The van der Waals surface area contributed by atoms with Crippen molar-refractivity contribution in [1.82, 2.24) is 19.6 Å². The lowest BCUT2D eigenvalue weighted by Gasteiger charge is -2.36. The molecular formula is C29H44Cl2N6O3. The van der Waals surface area contributed by atoms with Crippen LogP contribution in [0.15, 0.2) is 60.7 Å². The standard InChI is InChI=1S/C13H19N3O.C7H14N2O2.C6H7N.C2H2.CH2Cl2/c1-15-8-9-16(2)12(10-15)13(17)14-11-6-4-3-5-7-11;1-8-3-4-9(2)6(5-8)7(10)11;7-6-4-2-1-3-5-6;1-2;2-1-3/h3-7,12H,8-10H2,1-2H3,(H,14,17);6H,3-5H2,1-2H3,(H,10,11);1-5H,7H2;1-2H;1H2/i;;;1D;. The Morgan fingerprint density at radius 2 is 1.30 bits per heavy atom. The zero-order valence-corrected chi connectivity index (χ0v) is 25.4. The molecule has 1 amide bonds. The first-order valence-electron chi connectivity index (χ1n) is 13.2. The first-order chi connectivity index (χ1) is 19.5. The molecule has 0 bridgehead atoms. The number of aliphatic carboxylic acids is 1. The van der Waals surface area contributed by atoms with E-state index in [0.717, 1.165) is 44.1 Å². The summed E-state index contributed by atoms with van der Waals surface area (Å²) in [5, 5.41) is 11.9. The number of amides is 1. The number of halogens is 2. The van der Waals surface area contributed by atoms with Crippen LogP contribution in [-0.4, -0.2) is 121 Å². The van der Waals surface area contributed by atoms with Gasteiger partial charge in [-0.15, -0.1) is 36.0 Å². The molecule has 0 aliphatic carbocycles. The fourth-order valence-electron chi connectivity index (χ4n) is 3.77. The molecule has 2 aliphatic heterocycles. The number of likely N-dealkylation sites (N-methyl/N-ethyl adjacent to an activating group) is 4. The quantitative estimate of drug-likeness (QED) is 0.282. The lowest BCUT2D eigenvalue weighted by Crippen LogP contribution is -2.55. The minimum Gasteiger partial charge on any atom is -0.480 e. The predicted octanol–water partition coefficient (Wildman–Crippen LogP) is 3.13. The first kappa shape index (κ1) is 35.2. The normalized spacial score (nSPS) is 19.6. The summed E-state index contributed by atoms with van der Waals surface area (Å²) in [5.74, 6) is -0.649. The van der Waals surface area contributed by atoms with Crippen molar-refractivity contribution in [3.63, 3.8) is 0 Å². The second-order valence-corrected chi connectivity index (χ2v) is 10.0. The molecule has 0 radical (unpaired) electrons. The second kappa shape index (κ2) is 21.9. The molecule has 2 heterocycles. The smallest absolute Gasteiger partial charge is 0.322 e. The average molecular weight is 597 g/mol. The van der Waals surface area contributed by atoms with Gasteiger partial charge in [0.25, 0.3) is 0 Å². The highest BCUT2D eigenvalue weighted by atomic mass is 35.5. The molecule has 40 heavy (non-hydrogen) atoms. The molecule has 2 aliphatic rings. The van der Waals surface area contributed by atoms with Crippen molar-refractivity contribution in [2.24, 2.45) is 0 Å². The van der Waals surface area contributed by atoms with Crippen molar-refractivity contribution in [2.75, 3.05) is 83.8 Å². The maximum absolute atomic E-state index is 12.1. The number of carbonyl (C=O) groups is 2. The average Bonchev–Trinajstić information content (AvgIpc) is 2.94. The van der Waals surface area contributed by atoms with Gasteiger partial charge in [-0.25, -0.2) is 0 Å². The van der Waals surface area contributed by atoms with Crippen LogP contribution in [0.1, 0.15) is 1.37 Å². The molecule has 2 aromatic rings. The molecule has 222 valence electrons. The maximum Gasteiger partial charge on any atom is 0.322 e. The number of hydrogen-bond donors (Lipinski definition) is 3. The molecule has 4 rings (SSSR count). The van der Waals surface area contributed by atoms with E-state index in [1.54, 1.807) is 0 Å². The SMILES string of the molecule is CN1CCN(C)C(C(=O)Nc2ccccc2)C1.CN1CCN(C)C(C(=O)O)C1.ClCCl.Nc1ccccc1.[2H]C#C. The van der Waals surface area contributed by atoms with Gasteiger partial charge in [0.2, 0.25) is 5.91 Å². The lowest BCUT2D eigenvalue weighted by molar-refractivity contribution is -0.144. The maximum atomic E-state index is 12.1. The van der Waals surface area contributed by atoms with E-state index in [1.165, 1.54) is 6.40 Å². The van der Waals surface area contributed by atoms with E-state index >= 15 is 0 Å². The van der Waals surface area contributed by atoms with Gasteiger partial charge in [-0.05, 0) is 52.5 Å². The van der Waals surface area contributed by atoms with Crippen LogP contribution < -0.4 is 11.1 Å². The van der Waals surface area contributed by atoms with Crippen molar-refractivity contribution >= 4 is 46.5 Å². The largest absolute Gasteiger partial charge is 0.480 e. The Morgan fingerprint density at radius 3 is 1.68 bits per heavy atom. The lowest BCUT2D eigenvalue weighted by atomic mass is 10.1. The molecule has 0 aromatic heterocycles. The molecule has 2 atom stereocenters. The number of terminal acetylenes is 1. The fraction of sp³-hybridized carbons (Fsp3) is 0.448. The number of alkyl halides is 2. The Hall–Kier alpha value is -2.84. The minimum absolute atomic E-state index is 0.0612. The number of nitrogens with one attached hydrogen (secondary N) is 1. The van der Waals surface area contributed by atoms with Gasteiger partial charge in [0.15, 0.2) is 0 Å². The summed E-state index contributed by atoms with van der Waals surface area (Å²) in [6.45, 7) is 5.17. The van der Waals surface area contributed by atoms with Gasteiger partial charge in [-0.3, -0.25) is 19.4 Å². The number of nitrogens with zero attached hydrogens (tertiary/aromatic N) is 4. The summed E-state index contributed by atoms with van der Waals surface area (Å²) in [7, 11) is 7.85. The Kier molecular flexibility index (Phi) is 19.3. The van der Waals surface area contributed by atoms with Crippen LogP contribution in [0.2, 0.25) is 0 Å². The van der Waals surface area contributed by atoms with E-state index in [2.05, 4.69) is 28.6 Å². The molecular weight excluding hydrogens is 551 g/mol. The summed E-state index contributed by atoms with van der Waals surface area (Å²) in [5.41, 5.74) is 7.04. The fourth-order valence-corrected chi connectivity index (χ4v) is 3.77. The van der Waals surface area contributed by atoms with Gasteiger partial charge >= 0.3 is 5.97 Å². The number of rotatable bonds is 3. The predicted molar refractivity (Wildman–Crippen MR) is 168 cm³/mol. The van der Waals surface area contributed by atoms with Crippen LogP contribution in [0, 0.1) is 12.8 Å². The van der Waals surface area contributed by atoms with Crippen LogP contribution in [0.4, 0.5) is 11.4 Å². The van der Waals surface area contributed by atoms with Crippen LogP contribution in [0.25, 0.3) is 0 Å². The Labute approximate surface area is 251 Å². The molecule has 0 saturated carbocycles. The van der Waals surface area contributed by atoms with Crippen molar-refractivity contribution in [3.8, 4) is 12.8 Å². The van der Waals surface area contributed by atoms with E-state index in [-0.39, 0.29) is 23.3 Å². The van der Waals surface area contributed by atoms with Crippen LogP contribution in [0.5, 0.6) is 0 Å². The third-order valence-corrected chi connectivity index (χ3v) is 6.13. The number of carboxylic acid groups (broad SMARTS) is 1. The molecule has 2 aromatic carbocycles.